The Balaban J connectivity index is 0. The van der Waals surface area contributed by atoms with E-state index in [0.717, 1.165) is 10.5 Å². The normalized spacial score (nSPS) is 13.9. The van der Waals surface area contributed by atoms with Gasteiger partial charge in [-0.15, -0.1) is 0 Å². The summed E-state index contributed by atoms with van der Waals surface area (Å²) in [5.74, 6) is 0.0625. The summed E-state index contributed by atoms with van der Waals surface area (Å²) in [6.07, 6.45) is 0. The van der Waals surface area contributed by atoms with Crippen LogP contribution in [0.25, 0.3) is 0 Å². The fourth-order valence-corrected chi connectivity index (χ4v) is 2.34. The molecule has 0 bridgehead atoms. The Labute approximate surface area is 109 Å². The minimum atomic E-state index is 0.0625. The highest BCUT2D eigenvalue weighted by molar-refractivity contribution is 8.26. The molecule has 0 aromatic heterocycles. The summed E-state index contributed by atoms with van der Waals surface area (Å²) < 4.78 is 0.679. The largest absolute Gasteiger partial charge is 0.293 e. The van der Waals surface area contributed by atoms with Crippen LogP contribution in [-0.4, -0.2) is 21.7 Å². The van der Waals surface area contributed by atoms with Gasteiger partial charge in [-0.2, -0.15) is 0 Å². The number of hydrogen-bond acceptors (Lipinski definition) is 3. The number of thiocarbonyl (C=S) groups is 1. The Hall–Kier alpha value is -0.350. The summed E-state index contributed by atoms with van der Waals surface area (Å²) in [5, 5.41) is 0. The maximum Gasteiger partial charge on any atom is 0.266 e. The van der Waals surface area contributed by atoms with Gasteiger partial charge in [-0.25, -0.2) is 0 Å². The van der Waals surface area contributed by atoms with Crippen molar-refractivity contribution >= 4 is 34.2 Å². The number of allylic oxidation sites excluding steroid dienone is 1. The standard InChI is InChI=1S/C8H11NOS2.2C2H6/c1-4-9-7(10)6(5(2)3)12-8(9)11;2*1-2/h4H2,1-3H3;2*1-2H3. The van der Waals surface area contributed by atoms with E-state index in [1.54, 1.807) is 4.90 Å². The van der Waals surface area contributed by atoms with Gasteiger partial charge in [-0.1, -0.05) is 57.2 Å². The molecule has 1 aliphatic heterocycles. The average molecular weight is 261 g/mol. The fraction of sp³-hybridized carbons (Fsp3) is 0.667. The molecule has 1 fully saturated rings. The number of rotatable bonds is 1. The predicted octanol–water partition coefficient (Wildman–Crippen LogP) is 4.21. The Morgan fingerprint density at radius 2 is 1.69 bits per heavy atom. The Morgan fingerprint density at radius 1 is 1.25 bits per heavy atom. The number of carbonyl (C=O) groups excluding carboxylic acids is 1. The molecule has 4 heteroatoms. The zero-order valence-corrected chi connectivity index (χ0v) is 13.0. The van der Waals surface area contributed by atoms with E-state index in [2.05, 4.69) is 0 Å². The highest BCUT2D eigenvalue weighted by Crippen LogP contribution is 2.32. The monoisotopic (exact) mass is 261 g/mol. The predicted molar refractivity (Wildman–Crippen MR) is 78.6 cm³/mol. The summed E-state index contributed by atoms with van der Waals surface area (Å²) in [6.45, 7) is 14.5. The van der Waals surface area contributed by atoms with E-state index in [1.807, 2.05) is 48.5 Å². The van der Waals surface area contributed by atoms with E-state index < -0.39 is 0 Å². The van der Waals surface area contributed by atoms with Crippen LogP contribution in [0, 0.1) is 0 Å². The van der Waals surface area contributed by atoms with E-state index in [-0.39, 0.29) is 5.91 Å². The number of likely N-dealkylation sites (N-methyl/N-ethyl adjacent to an activating group) is 1. The van der Waals surface area contributed by atoms with Gasteiger partial charge in [0.1, 0.15) is 4.32 Å². The molecule has 0 N–H and O–H groups in total. The maximum atomic E-state index is 11.5. The lowest BCUT2D eigenvalue weighted by atomic mass is 10.3. The van der Waals surface area contributed by atoms with Crippen LogP contribution < -0.4 is 0 Å². The van der Waals surface area contributed by atoms with Gasteiger partial charge in [-0.3, -0.25) is 9.69 Å². The highest BCUT2D eigenvalue weighted by atomic mass is 32.2. The van der Waals surface area contributed by atoms with Crippen LogP contribution in [0.4, 0.5) is 0 Å². The van der Waals surface area contributed by atoms with E-state index >= 15 is 0 Å². The number of carbonyl (C=O) groups is 1. The summed E-state index contributed by atoms with van der Waals surface area (Å²) in [4.78, 5) is 14.0. The summed E-state index contributed by atoms with van der Waals surface area (Å²) in [7, 11) is 0. The van der Waals surface area contributed by atoms with Crippen LogP contribution >= 0.6 is 24.0 Å². The van der Waals surface area contributed by atoms with Crippen molar-refractivity contribution in [2.45, 2.75) is 48.5 Å². The summed E-state index contributed by atoms with van der Waals surface area (Å²) in [6, 6.07) is 0. The maximum absolute atomic E-state index is 11.5. The molecule has 1 heterocycles. The zero-order valence-electron chi connectivity index (χ0n) is 11.4. The number of hydrogen-bond donors (Lipinski definition) is 0. The molecule has 0 spiro atoms. The molecular formula is C12H23NOS2. The minimum Gasteiger partial charge on any atom is -0.293 e. The van der Waals surface area contributed by atoms with Gasteiger partial charge in [0.05, 0.1) is 4.91 Å². The first kappa shape index (κ1) is 18.0. The van der Waals surface area contributed by atoms with Gasteiger partial charge in [0, 0.05) is 6.54 Å². The molecule has 1 saturated heterocycles. The molecule has 0 unspecified atom stereocenters. The van der Waals surface area contributed by atoms with Gasteiger partial charge in [0.2, 0.25) is 0 Å². The van der Waals surface area contributed by atoms with Crippen LogP contribution in [0.5, 0.6) is 0 Å². The second kappa shape index (κ2) is 9.85. The summed E-state index contributed by atoms with van der Waals surface area (Å²) in [5.41, 5.74) is 1.04. The van der Waals surface area contributed by atoms with Crippen molar-refractivity contribution in [1.82, 2.24) is 4.90 Å². The Morgan fingerprint density at radius 3 is 1.88 bits per heavy atom. The molecule has 0 saturated carbocycles. The molecule has 1 rings (SSSR count). The van der Waals surface area contributed by atoms with Crippen molar-refractivity contribution in [3.63, 3.8) is 0 Å². The van der Waals surface area contributed by atoms with Crippen molar-refractivity contribution in [3.8, 4) is 0 Å². The fourth-order valence-electron chi connectivity index (χ4n) is 0.980. The average Bonchev–Trinajstić information content (AvgIpc) is 2.59. The third-order valence-electron chi connectivity index (χ3n) is 1.62. The highest BCUT2D eigenvalue weighted by Gasteiger charge is 2.31. The lowest BCUT2D eigenvalue weighted by molar-refractivity contribution is -0.122. The van der Waals surface area contributed by atoms with Crippen molar-refractivity contribution < 1.29 is 4.79 Å². The molecule has 0 aliphatic carbocycles. The van der Waals surface area contributed by atoms with Gasteiger partial charge in [0.25, 0.3) is 5.91 Å². The first-order valence-electron chi connectivity index (χ1n) is 5.79. The van der Waals surface area contributed by atoms with E-state index in [0.29, 0.717) is 10.9 Å². The van der Waals surface area contributed by atoms with Crippen LogP contribution in [0.15, 0.2) is 10.5 Å². The SMILES string of the molecule is CC.CC.CCN1C(=O)C(=C(C)C)SC1=S. The molecule has 0 atom stereocenters. The molecule has 0 aromatic rings. The summed E-state index contributed by atoms with van der Waals surface area (Å²) >= 11 is 6.45. The van der Waals surface area contributed by atoms with Crippen LogP contribution in [0.2, 0.25) is 0 Å². The molecule has 16 heavy (non-hydrogen) atoms. The van der Waals surface area contributed by atoms with E-state index in [1.165, 1.54) is 11.8 Å². The first-order chi connectivity index (χ1) is 7.57. The Kier molecular flexibility index (Phi) is 11.1. The van der Waals surface area contributed by atoms with Crippen LogP contribution in [0.1, 0.15) is 48.5 Å². The smallest absolute Gasteiger partial charge is 0.266 e. The van der Waals surface area contributed by atoms with Gasteiger partial charge >= 0.3 is 0 Å². The lowest BCUT2D eigenvalue weighted by Crippen LogP contribution is -2.27. The molecule has 1 aliphatic rings. The van der Waals surface area contributed by atoms with Gasteiger partial charge in [-0.05, 0) is 20.8 Å². The van der Waals surface area contributed by atoms with E-state index in [9.17, 15) is 4.79 Å². The van der Waals surface area contributed by atoms with Crippen molar-refractivity contribution in [1.29, 1.82) is 0 Å². The number of thioether (sulfide) groups is 1. The second-order valence-electron chi connectivity index (χ2n) is 2.75. The molecule has 0 radical (unpaired) electrons. The van der Waals surface area contributed by atoms with Crippen molar-refractivity contribution in [2.24, 2.45) is 0 Å². The molecular weight excluding hydrogens is 238 g/mol. The van der Waals surface area contributed by atoms with Gasteiger partial charge < -0.3 is 0 Å². The molecule has 94 valence electrons. The second-order valence-corrected chi connectivity index (χ2v) is 4.39. The zero-order chi connectivity index (χ0) is 13.3. The van der Waals surface area contributed by atoms with Crippen LogP contribution in [0.3, 0.4) is 0 Å². The van der Waals surface area contributed by atoms with Gasteiger partial charge in [0.15, 0.2) is 0 Å². The lowest BCUT2D eigenvalue weighted by Gasteiger charge is -2.09. The molecule has 0 aromatic carbocycles. The van der Waals surface area contributed by atoms with E-state index in [4.69, 9.17) is 12.2 Å². The quantitative estimate of drug-likeness (QED) is 0.521. The third-order valence-corrected chi connectivity index (χ3v) is 3.27. The Bertz CT molecular complexity index is 268. The molecule has 1 amide bonds. The molecule has 2 nitrogen and oxygen atoms in total. The number of amides is 1. The van der Waals surface area contributed by atoms with Crippen molar-refractivity contribution in [2.75, 3.05) is 6.54 Å². The third kappa shape index (κ3) is 4.66. The van der Waals surface area contributed by atoms with Crippen LogP contribution in [-0.2, 0) is 4.79 Å². The number of nitrogens with zero attached hydrogens (tertiary/aromatic N) is 1. The topological polar surface area (TPSA) is 20.3 Å². The minimum absolute atomic E-state index is 0.0625. The van der Waals surface area contributed by atoms with Crippen molar-refractivity contribution in [3.05, 3.63) is 10.5 Å². The first-order valence-corrected chi connectivity index (χ1v) is 7.01.